The van der Waals surface area contributed by atoms with Gasteiger partial charge < -0.3 is 9.16 Å². The van der Waals surface area contributed by atoms with Crippen molar-refractivity contribution in [3.63, 3.8) is 0 Å². The molecule has 1 aliphatic heterocycles. The van der Waals surface area contributed by atoms with E-state index in [1.54, 1.807) is 0 Å². The summed E-state index contributed by atoms with van der Waals surface area (Å²) in [6, 6.07) is 21.3. The lowest BCUT2D eigenvalue weighted by molar-refractivity contribution is -0.411. The Hall–Kier alpha value is -1.99. The minimum absolute atomic E-state index is 0.0679. The first-order valence-corrected chi connectivity index (χ1v) is 13.7. The molecule has 0 aliphatic carbocycles. The van der Waals surface area contributed by atoms with E-state index in [0.29, 0.717) is 13.0 Å². The lowest BCUT2D eigenvalue weighted by Gasteiger charge is -2.44. The Labute approximate surface area is 199 Å². The molecule has 0 bridgehead atoms. The number of benzene rings is 2. The summed E-state index contributed by atoms with van der Waals surface area (Å²) in [5.74, 6) is -0.630. The first-order chi connectivity index (χ1) is 15.6. The number of hydrogen-bond acceptors (Lipinski definition) is 5. The van der Waals surface area contributed by atoms with Crippen molar-refractivity contribution in [3.8, 4) is 0 Å². The second-order valence-electron chi connectivity index (χ2n) is 10.3. The van der Waals surface area contributed by atoms with E-state index in [4.69, 9.17) is 18.9 Å². The van der Waals surface area contributed by atoms with Crippen LogP contribution >= 0.6 is 0 Å². The monoisotopic (exact) mass is 470 g/mol. The molecule has 2 aromatic carbocycles. The van der Waals surface area contributed by atoms with Crippen LogP contribution in [0.25, 0.3) is 0 Å². The molecule has 0 N–H and O–H groups in total. The Balaban J connectivity index is 1.77. The van der Waals surface area contributed by atoms with Crippen LogP contribution in [0.2, 0.25) is 5.04 Å². The van der Waals surface area contributed by atoms with Crippen molar-refractivity contribution in [1.29, 1.82) is 0 Å². The second kappa shape index (κ2) is 10.5. The predicted molar refractivity (Wildman–Crippen MR) is 133 cm³/mol. The molecule has 0 aromatic heterocycles. The fourth-order valence-corrected chi connectivity index (χ4v) is 9.30. The largest absolute Gasteiger partial charge is 0.469 e. The highest BCUT2D eigenvalue weighted by Gasteiger charge is 2.50. The molecule has 1 aliphatic rings. The first-order valence-electron chi connectivity index (χ1n) is 11.8. The Morgan fingerprint density at radius 3 is 2.06 bits per heavy atom. The Morgan fingerprint density at radius 1 is 1.09 bits per heavy atom. The molecule has 0 spiro atoms. The first kappa shape index (κ1) is 25.6. The zero-order chi connectivity index (χ0) is 24.1. The van der Waals surface area contributed by atoms with E-state index in [1.165, 1.54) is 17.5 Å². The molecular weight excluding hydrogens is 432 g/mol. The Bertz CT molecular complexity index is 846. The molecule has 3 unspecified atom stereocenters. The summed E-state index contributed by atoms with van der Waals surface area (Å²) in [5.41, 5.74) is -0.461. The second-order valence-corrected chi connectivity index (χ2v) is 14.6. The standard InChI is InChI=1S/C27H38O5Si/c1-21(25(28)29-6)24-17-18-27(5,32-31-24)19-20-30-33(26(2,3)4,22-13-9-7-10-14-22)23-15-11-8-12-16-23/h7-16,21,24H,17-20H2,1-6H3. The van der Waals surface area contributed by atoms with Gasteiger partial charge >= 0.3 is 5.97 Å². The molecule has 1 saturated heterocycles. The number of carbonyl (C=O) groups is 1. The molecule has 5 nitrogen and oxygen atoms in total. The molecular formula is C27H38O5Si. The van der Waals surface area contributed by atoms with Gasteiger partial charge in [-0.05, 0) is 42.1 Å². The number of carbonyl (C=O) groups excluding carboxylic acids is 1. The third-order valence-corrected chi connectivity index (χ3v) is 11.9. The predicted octanol–water partition coefficient (Wildman–Crippen LogP) is 4.63. The van der Waals surface area contributed by atoms with Crippen LogP contribution in [-0.2, 0) is 23.7 Å². The normalized spacial score (nSPS) is 22.5. The van der Waals surface area contributed by atoms with Crippen molar-refractivity contribution in [2.24, 2.45) is 5.92 Å². The van der Waals surface area contributed by atoms with Crippen LogP contribution < -0.4 is 10.4 Å². The van der Waals surface area contributed by atoms with Gasteiger partial charge in [0.1, 0.15) is 11.7 Å². The zero-order valence-corrected chi connectivity index (χ0v) is 21.8. The molecule has 3 rings (SSSR count). The smallest absolute Gasteiger partial charge is 0.311 e. The van der Waals surface area contributed by atoms with Gasteiger partial charge in [0, 0.05) is 13.0 Å². The van der Waals surface area contributed by atoms with Crippen LogP contribution in [0.1, 0.15) is 53.9 Å². The molecule has 33 heavy (non-hydrogen) atoms. The van der Waals surface area contributed by atoms with Crippen LogP contribution in [0.4, 0.5) is 0 Å². The Kier molecular flexibility index (Phi) is 8.16. The molecule has 3 atom stereocenters. The maximum atomic E-state index is 11.8. The maximum absolute atomic E-state index is 11.8. The van der Waals surface area contributed by atoms with Crippen molar-refractivity contribution in [2.45, 2.75) is 70.6 Å². The SMILES string of the molecule is COC(=O)C(C)C1CCC(C)(CCO[Si](c2ccccc2)(c2ccccc2)C(C)(C)C)OO1. The van der Waals surface area contributed by atoms with Crippen molar-refractivity contribution in [3.05, 3.63) is 60.7 Å². The summed E-state index contributed by atoms with van der Waals surface area (Å²) in [7, 11) is -1.18. The number of hydrogen-bond donors (Lipinski definition) is 0. The van der Waals surface area contributed by atoms with Gasteiger partial charge in [0.2, 0.25) is 0 Å². The van der Waals surface area contributed by atoms with E-state index in [1.807, 2.05) is 6.92 Å². The minimum Gasteiger partial charge on any atom is -0.469 e. The lowest BCUT2D eigenvalue weighted by Crippen LogP contribution is -2.66. The zero-order valence-electron chi connectivity index (χ0n) is 20.8. The van der Waals surface area contributed by atoms with Crippen LogP contribution in [0, 0.1) is 5.92 Å². The van der Waals surface area contributed by atoms with E-state index in [2.05, 4.69) is 88.4 Å². The van der Waals surface area contributed by atoms with Gasteiger partial charge in [0.05, 0.1) is 13.0 Å². The third kappa shape index (κ3) is 5.57. The van der Waals surface area contributed by atoms with E-state index < -0.39 is 13.9 Å². The summed E-state index contributed by atoms with van der Waals surface area (Å²) in [6.45, 7) is 11.3. The minimum atomic E-state index is -2.58. The van der Waals surface area contributed by atoms with Crippen LogP contribution in [-0.4, -0.2) is 39.7 Å². The van der Waals surface area contributed by atoms with Crippen molar-refractivity contribution in [2.75, 3.05) is 13.7 Å². The summed E-state index contributed by atoms with van der Waals surface area (Å²) in [4.78, 5) is 23.3. The van der Waals surface area contributed by atoms with Gasteiger partial charge in [-0.1, -0.05) is 81.4 Å². The highest BCUT2D eigenvalue weighted by atomic mass is 28.4. The average molecular weight is 471 g/mol. The van der Waals surface area contributed by atoms with Gasteiger partial charge in [0.15, 0.2) is 0 Å². The van der Waals surface area contributed by atoms with Crippen LogP contribution in [0.3, 0.4) is 0 Å². The number of ether oxygens (including phenoxy) is 1. The quantitative estimate of drug-likeness (QED) is 0.320. The van der Waals surface area contributed by atoms with Gasteiger partial charge in [-0.2, -0.15) is 0 Å². The van der Waals surface area contributed by atoms with E-state index in [-0.39, 0.29) is 23.0 Å². The summed E-state index contributed by atoms with van der Waals surface area (Å²) in [6.07, 6.45) is 1.95. The summed E-state index contributed by atoms with van der Waals surface area (Å²) in [5, 5.41) is 2.46. The van der Waals surface area contributed by atoms with Crippen molar-refractivity contribution < 1.29 is 23.7 Å². The van der Waals surface area contributed by atoms with Crippen molar-refractivity contribution in [1.82, 2.24) is 0 Å². The van der Waals surface area contributed by atoms with Crippen LogP contribution in [0.5, 0.6) is 0 Å². The molecule has 1 fully saturated rings. The Morgan fingerprint density at radius 2 is 1.64 bits per heavy atom. The van der Waals surface area contributed by atoms with E-state index in [0.717, 1.165) is 12.8 Å². The van der Waals surface area contributed by atoms with Gasteiger partial charge in [-0.25, -0.2) is 9.78 Å². The summed E-state index contributed by atoms with van der Waals surface area (Å²) < 4.78 is 11.8. The molecule has 0 radical (unpaired) electrons. The highest BCUT2D eigenvalue weighted by Crippen LogP contribution is 2.38. The average Bonchev–Trinajstić information content (AvgIpc) is 2.81. The third-order valence-electron chi connectivity index (χ3n) is 6.83. The number of methoxy groups -OCH3 is 1. The fourth-order valence-electron chi connectivity index (χ4n) is 4.73. The molecule has 0 saturated carbocycles. The summed E-state index contributed by atoms with van der Waals surface area (Å²) >= 11 is 0. The lowest BCUT2D eigenvalue weighted by atomic mass is 9.90. The topological polar surface area (TPSA) is 54.0 Å². The fraction of sp³-hybridized carbons (Fsp3) is 0.519. The maximum Gasteiger partial charge on any atom is 0.311 e. The van der Waals surface area contributed by atoms with Gasteiger partial charge in [-0.15, -0.1) is 0 Å². The number of rotatable bonds is 8. The molecule has 6 heteroatoms. The van der Waals surface area contributed by atoms with Gasteiger partial charge in [0.25, 0.3) is 8.32 Å². The molecule has 180 valence electrons. The number of esters is 1. The van der Waals surface area contributed by atoms with Crippen molar-refractivity contribution >= 4 is 24.7 Å². The molecule has 1 heterocycles. The van der Waals surface area contributed by atoms with E-state index >= 15 is 0 Å². The highest BCUT2D eigenvalue weighted by molar-refractivity contribution is 6.99. The van der Waals surface area contributed by atoms with Gasteiger partial charge in [-0.3, -0.25) is 4.79 Å². The van der Waals surface area contributed by atoms with Crippen LogP contribution in [0.15, 0.2) is 60.7 Å². The van der Waals surface area contributed by atoms with E-state index in [9.17, 15) is 4.79 Å². The molecule has 0 amide bonds. The molecule has 2 aromatic rings.